The van der Waals surface area contributed by atoms with Crippen molar-refractivity contribution in [2.75, 3.05) is 44.8 Å². The highest BCUT2D eigenvalue weighted by molar-refractivity contribution is 5.78. The van der Waals surface area contributed by atoms with E-state index in [1.165, 1.54) is 11.3 Å². The van der Waals surface area contributed by atoms with Gasteiger partial charge in [-0.05, 0) is 36.6 Å². The average molecular weight is 380 g/mol. The van der Waals surface area contributed by atoms with Crippen molar-refractivity contribution in [1.29, 1.82) is 0 Å². The fourth-order valence-corrected chi connectivity index (χ4v) is 4.26. The second-order valence-corrected chi connectivity index (χ2v) is 7.50. The number of para-hydroxylation sites is 1. The second-order valence-electron chi connectivity index (χ2n) is 7.50. The Morgan fingerprint density at radius 1 is 1.04 bits per heavy atom. The lowest BCUT2D eigenvalue weighted by atomic mass is 9.98. The molecule has 28 heavy (non-hydrogen) atoms. The summed E-state index contributed by atoms with van der Waals surface area (Å²) in [7, 11) is 1.66. The van der Waals surface area contributed by atoms with Crippen LogP contribution in [0.25, 0.3) is 0 Å². The summed E-state index contributed by atoms with van der Waals surface area (Å²) in [6, 6.07) is 16.4. The molecular formula is C23H28N2O3. The number of benzene rings is 2. The summed E-state index contributed by atoms with van der Waals surface area (Å²) < 4.78 is 11.2. The van der Waals surface area contributed by atoms with Gasteiger partial charge >= 0.3 is 0 Å². The first-order chi connectivity index (χ1) is 13.7. The summed E-state index contributed by atoms with van der Waals surface area (Å²) in [5.41, 5.74) is 2.70. The SMILES string of the molecule is COc1cccc(OCCN2CC(CCN3CCCC3=O)c3ccccc32)c1. The number of hydrogen-bond acceptors (Lipinski definition) is 4. The lowest BCUT2D eigenvalue weighted by molar-refractivity contribution is -0.127. The molecular weight excluding hydrogens is 352 g/mol. The first-order valence-electron chi connectivity index (χ1n) is 10.1. The molecule has 5 heteroatoms. The predicted molar refractivity (Wildman–Crippen MR) is 110 cm³/mol. The second kappa shape index (κ2) is 8.55. The van der Waals surface area contributed by atoms with Crippen molar-refractivity contribution in [3.05, 3.63) is 54.1 Å². The summed E-state index contributed by atoms with van der Waals surface area (Å²) in [5, 5.41) is 0. The van der Waals surface area contributed by atoms with Gasteiger partial charge in [-0.3, -0.25) is 4.79 Å². The Bertz CT molecular complexity index is 823. The van der Waals surface area contributed by atoms with Crippen molar-refractivity contribution in [2.45, 2.75) is 25.2 Å². The van der Waals surface area contributed by atoms with Crippen LogP contribution >= 0.6 is 0 Å². The van der Waals surface area contributed by atoms with E-state index in [-0.39, 0.29) is 0 Å². The largest absolute Gasteiger partial charge is 0.497 e. The number of nitrogens with zero attached hydrogens (tertiary/aromatic N) is 2. The molecule has 2 aromatic rings. The normalized spacial score (nSPS) is 18.5. The highest BCUT2D eigenvalue weighted by atomic mass is 16.5. The van der Waals surface area contributed by atoms with Crippen LogP contribution in [0.2, 0.25) is 0 Å². The monoisotopic (exact) mass is 380 g/mol. The van der Waals surface area contributed by atoms with Gasteiger partial charge in [-0.15, -0.1) is 0 Å². The van der Waals surface area contributed by atoms with E-state index in [4.69, 9.17) is 9.47 Å². The Morgan fingerprint density at radius 3 is 2.71 bits per heavy atom. The molecule has 0 aromatic heterocycles. The van der Waals surface area contributed by atoms with Gasteiger partial charge in [0.05, 0.1) is 13.7 Å². The van der Waals surface area contributed by atoms with Gasteiger partial charge in [-0.2, -0.15) is 0 Å². The van der Waals surface area contributed by atoms with E-state index in [2.05, 4.69) is 29.2 Å². The summed E-state index contributed by atoms with van der Waals surface area (Å²) in [5.74, 6) is 2.42. The van der Waals surface area contributed by atoms with Crippen LogP contribution in [0.5, 0.6) is 11.5 Å². The Hall–Kier alpha value is -2.69. The third-order valence-electron chi connectivity index (χ3n) is 5.75. The maximum atomic E-state index is 11.9. The predicted octanol–water partition coefficient (Wildman–Crippen LogP) is 3.69. The standard InChI is InChI=1S/C23H28N2O3/c1-27-19-6-4-7-20(16-19)28-15-14-25-17-18(21-8-2-3-9-22(21)25)11-13-24-12-5-10-23(24)26/h2-4,6-9,16,18H,5,10-15,17H2,1H3. The molecule has 2 aliphatic rings. The van der Waals surface area contributed by atoms with Crippen molar-refractivity contribution >= 4 is 11.6 Å². The molecule has 4 rings (SSSR count). The summed E-state index contributed by atoms with van der Waals surface area (Å²) in [4.78, 5) is 16.3. The van der Waals surface area contributed by atoms with E-state index in [0.717, 1.165) is 56.9 Å². The van der Waals surface area contributed by atoms with E-state index >= 15 is 0 Å². The van der Waals surface area contributed by atoms with Crippen molar-refractivity contribution in [1.82, 2.24) is 4.90 Å². The van der Waals surface area contributed by atoms with Crippen LogP contribution in [-0.2, 0) is 4.79 Å². The van der Waals surface area contributed by atoms with Gasteiger partial charge in [-0.25, -0.2) is 0 Å². The molecule has 1 fully saturated rings. The molecule has 0 N–H and O–H groups in total. The number of rotatable bonds is 8. The molecule has 1 atom stereocenters. The lowest BCUT2D eigenvalue weighted by Crippen LogP contribution is -2.29. The van der Waals surface area contributed by atoms with E-state index in [1.54, 1.807) is 7.11 Å². The zero-order chi connectivity index (χ0) is 19.3. The molecule has 1 amide bonds. The van der Waals surface area contributed by atoms with Gasteiger partial charge in [0.15, 0.2) is 0 Å². The Kier molecular flexibility index (Phi) is 5.70. The highest BCUT2D eigenvalue weighted by Crippen LogP contribution is 2.38. The van der Waals surface area contributed by atoms with Crippen LogP contribution in [0.15, 0.2) is 48.5 Å². The van der Waals surface area contributed by atoms with Crippen LogP contribution in [-0.4, -0.2) is 50.7 Å². The van der Waals surface area contributed by atoms with Crippen molar-refractivity contribution in [3.8, 4) is 11.5 Å². The molecule has 1 saturated heterocycles. The number of carbonyl (C=O) groups excluding carboxylic acids is 1. The van der Waals surface area contributed by atoms with E-state index in [0.29, 0.717) is 18.4 Å². The van der Waals surface area contributed by atoms with Gasteiger partial charge in [0.2, 0.25) is 5.91 Å². The highest BCUT2D eigenvalue weighted by Gasteiger charge is 2.29. The minimum Gasteiger partial charge on any atom is -0.497 e. The fraction of sp³-hybridized carbons (Fsp3) is 0.435. The molecule has 0 spiro atoms. The summed E-state index contributed by atoms with van der Waals surface area (Å²) >= 11 is 0. The van der Waals surface area contributed by atoms with Gasteiger partial charge in [-0.1, -0.05) is 24.3 Å². The first kappa shape index (κ1) is 18.7. The van der Waals surface area contributed by atoms with Crippen molar-refractivity contribution in [2.24, 2.45) is 0 Å². The summed E-state index contributed by atoms with van der Waals surface area (Å²) in [6.07, 6.45) is 2.75. The Labute approximate surface area is 166 Å². The molecule has 0 saturated carbocycles. The molecule has 0 bridgehead atoms. The number of anilines is 1. The molecule has 0 radical (unpaired) electrons. The molecule has 1 unspecified atom stereocenters. The molecule has 2 heterocycles. The number of amides is 1. The topological polar surface area (TPSA) is 42.0 Å². The van der Waals surface area contributed by atoms with Gasteiger partial charge in [0.25, 0.3) is 0 Å². The molecule has 148 valence electrons. The number of fused-ring (bicyclic) bond motifs is 1. The van der Waals surface area contributed by atoms with E-state index in [1.807, 2.05) is 29.2 Å². The third-order valence-corrected chi connectivity index (χ3v) is 5.75. The van der Waals surface area contributed by atoms with E-state index in [9.17, 15) is 4.79 Å². The molecule has 0 aliphatic carbocycles. The molecule has 2 aromatic carbocycles. The number of likely N-dealkylation sites (tertiary alicyclic amines) is 1. The fourth-order valence-electron chi connectivity index (χ4n) is 4.26. The number of carbonyl (C=O) groups is 1. The first-order valence-corrected chi connectivity index (χ1v) is 10.1. The minimum atomic E-state index is 0.315. The zero-order valence-electron chi connectivity index (χ0n) is 16.5. The smallest absolute Gasteiger partial charge is 0.222 e. The lowest BCUT2D eigenvalue weighted by Gasteiger charge is -2.21. The quantitative estimate of drug-likeness (QED) is 0.700. The maximum Gasteiger partial charge on any atom is 0.222 e. The van der Waals surface area contributed by atoms with Crippen LogP contribution in [0.4, 0.5) is 5.69 Å². The van der Waals surface area contributed by atoms with Crippen LogP contribution in [0.1, 0.15) is 30.7 Å². The van der Waals surface area contributed by atoms with Gasteiger partial charge in [0, 0.05) is 43.7 Å². The molecule has 5 nitrogen and oxygen atoms in total. The Morgan fingerprint density at radius 2 is 1.89 bits per heavy atom. The number of hydrogen-bond donors (Lipinski definition) is 0. The van der Waals surface area contributed by atoms with Crippen molar-refractivity contribution in [3.63, 3.8) is 0 Å². The van der Waals surface area contributed by atoms with Gasteiger partial charge < -0.3 is 19.3 Å². The van der Waals surface area contributed by atoms with Crippen LogP contribution in [0.3, 0.4) is 0 Å². The minimum absolute atomic E-state index is 0.315. The molecule has 2 aliphatic heterocycles. The number of ether oxygens (including phenoxy) is 2. The van der Waals surface area contributed by atoms with Gasteiger partial charge in [0.1, 0.15) is 18.1 Å². The van der Waals surface area contributed by atoms with Crippen LogP contribution in [0, 0.1) is 0 Å². The zero-order valence-corrected chi connectivity index (χ0v) is 16.5. The third kappa shape index (κ3) is 4.08. The maximum absolute atomic E-state index is 11.9. The summed E-state index contributed by atoms with van der Waals surface area (Å²) in [6.45, 7) is 4.24. The van der Waals surface area contributed by atoms with E-state index < -0.39 is 0 Å². The average Bonchev–Trinajstić information content (AvgIpc) is 3.30. The number of methoxy groups -OCH3 is 1. The van der Waals surface area contributed by atoms with Crippen LogP contribution < -0.4 is 14.4 Å². The van der Waals surface area contributed by atoms with Crippen molar-refractivity contribution < 1.29 is 14.3 Å². The Balaban J connectivity index is 1.34.